The number of imide groups is 1. The van der Waals surface area contributed by atoms with Crippen LogP contribution in [0, 0.1) is 5.92 Å². The fraction of sp³-hybridized carbons (Fsp3) is 0.550. The molecule has 2 fully saturated rings. The molecule has 2 aromatic rings. The molecule has 1 N–H and O–H groups in total. The van der Waals surface area contributed by atoms with Crippen molar-refractivity contribution in [1.82, 2.24) is 19.4 Å². The molecule has 7 heteroatoms. The number of hydrogen-bond donors (Lipinski definition) is 1. The maximum Gasteiger partial charge on any atom is 0.329 e. The van der Waals surface area contributed by atoms with E-state index in [9.17, 15) is 14.4 Å². The molecule has 4 rings (SSSR count). The molecule has 1 atom stereocenters. The SMILES string of the molecule is CN1CCC(Cc2ccc3c(c2)n(C)c(=O)n3C2CCC(=O)NC2=O)CC1. The second kappa shape index (κ2) is 6.96. The van der Waals surface area contributed by atoms with Crippen molar-refractivity contribution in [3.63, 3.8) is 0 Å². The molecule has 0 radical (unpaired) electrons. The first-order valence-corrected chi connectivity index (χ1v) is 9.66. The van der Waals surface area contributed by atoms with Crippen LogP contribution >= 0.6 is 0 Å². The molecule has 1 aromatic heterocycles. The van der Waals surface area contributed by atoms with Crippen LogP contribution in [0.5, 0.6) is 0 Å². The minimum Gasteiger partial charge on any atom is -0.306 e. The van der Waals surface area contributed by atoms with Crippen LogP contribution in [0.1, 0.15) is 37.3 Å². The molecule has 0 bridgehead atoms. The second-order valence-corrected chi connectivity index (χ2v) is 7.95. The lowest BCUT2D eigenvalue weighted by molar-refractivity contribution is -0.135. The van der Waals surface area contributed by atoms with Crippen LogP contribution in [0.4, 0.5) is 0 Å². The molecule has 1 unspecified atom stereocenters. The molecule has 2 aliphatic rings. The van der Waals surface area contributed by atoms with E-state index < -0.39 is 11.9 Å². The first kappa shape index (κ1) is 18.0. The van der Waals surface area contributed by atoms with Gasteiger partial charge in [0.15, 0.2) is 0 Å². The Bertz CT molecular complexity index is 950. The Morgan fingerprint density at radius 3 is 2.48 bits per heavy atom. The lowest BCUT2D eigenvalue weighted by Gasteiger charge is -2.29. The van der Waals surface area contributed by atoms with E-state index in [4.69, 9.17) is 0 Å². The van der Waals surface area contributed by atoms with Crippen molar-refractivity contribution in [3.8, 4) is 0 Å². The van der Waals surface area contributed by atoms with Gasteiger partial charge >= 0.3 is 5.69 Å². The fourth-order valence-electron chi connectivity index (χ4n) is 4.37. The molecule has 27 heavy (non-hydrogen) atoms. The molecule has 2 saturated heterocycles. The number of carbonyl (C=O) groups excluding carboxylic acids is 2. The van der Waals surface area contributed by atoms with Gasteiger partial charge in [-0.3, -0.25) is 24.0 Å². The van der Waals surface area contributed by atoms with E-state index in [1.165, 1.54) is 23.0 Å². The topological polar surface area (TPSA) is 76.3 Å². The highest BCUT2D eigenvalue weighted by Crippen LogP contribution is 2.26. The fourth-order valence-corrected chi connectivity index (χ4v) is 4.37. The van der Waals surface area contributed by atoms with Crippen molar-refractivity contribution in [3.05, 3.63) is 34.2 Å². The highest BCUT2D eigenvalue weighted by atomic mass is 16.2. The summed E-state index contributed by atoms with van der Waals surface area (Å²) in [6.45, 7) is 2.27. The summed E-state index contributed by atoms with van der Waals surface area (Å²) in [5.41, 5.74) is 2.61. The van der Waals surface area contributed by atoms with Gasteiger partial charge in [-0.1, -0.05) is 6.07 Å². The van der Waals surface area contributed by atoms with Crippen molar-refractivity contribution in [2.45, 2.75) is 38.1 Å². The van der Waals surface area contributed by atoms with Gasteiger partial charge in [-0.15, -0.1) is 0 Å². The Morgan fingerprint density at radius 2 is 1.78 bits per heavy atom. The summed E-state index contributed by atoms with van der Waals surface area (Å²) < 4.78 is 3.15. The molecular formula is C20H26N4O3. The van der Waals surface area contributed by atoms with E-state index in [2.05, 4.69) is 29.4 Å². The predicted molar refractivity (Wildman–Crippen MR) is 103 cm³/mol. The number of rotatable bonds is 3. The zero-order valence-corrected chi connectivity index (χ0v) is 15.9. The normalized spacial score (nSPS) is 22.4. The van der Waals surface area contributed by atoms with Gasteiger partial charge in [0.2, 0.25) is 11.8 Å². The van der Waals surface area contributed by atoms with E-state index in [1.807, 2.05) is 6.07 Å². The van der Waals surface area contributed by atoms with Gasteiger partial charge in [0, 0.05) is 13.5 Å². The van der Waals surface area contributed by atoms with E-state index in [0.717, 1.165) is 30.5 Å². The number of fused-ring (bicyclic) bond motifs is 1. The summed E-state index contributed by atoms with van der Waals surface area (Å²) in [7, 11) is 3.90. The van der Waals surface area contributed by atoms with E-state index in [-0.39, 0.29) is 18.0 Å². The standard InChI is InChI=1S/C20H26N4O3/c1-22-9-7-13(8-10-22)11-14-3-4-15-17(12-14)23(2)20(27)24(15)16-5-6-18(25)21-19(16)26/h3-4,12-13,16H,5-11H2,1-2H3,(H,21,25,26). The maximum atomic E-state index is 12.8. The monoisotopic (exact) mass is 370 g/mol. The smallest absolute Gasteiger partial charge is 0.306 e. The Morgan fingerprint density at radius 1 is 1.04 bits per heavy atom. The molecule has 2 amide bonds. The van der Waals surface area contributed by atoms with Crippen LogP contribution in [0.2, 0.25) is 0 Å². The summed E-state index contributed by atoms with van der Waals surface area (Å²) in [5, 5.41) is 2.35. The van der Waals surface area contributed by atoms with E-state index in [0.29, 0.717) is 12.3 Å². The van der Waals surface area contributed by atoms with Gasteiger partial charge in [0.1, 0.15) is 6.04 Å². The number of nitrogens with zero attached hydrogens (tertiary/aromatic N) is 3. The summed E-state index contributed by atoms with van der Waals surface area (Å²) in [6.07, 6.45) is 4.03. The molecule has 0 spiro atoms. The average molecular weight is 370 g/mol. The van der Waals surface area contributed by atoms with Crippen LogP contribution < -0.4 is 11.0 Å². The number of imidazole rings is 1. The molecule has 3 heterocycles. The molecule has 144 valence electrons. The number of benzene rings is 1. The quantitative estimate of drug-likeness (QED) is 0.824. The van der Waals surface area contributed by atoms with Crippen LogP contribution in [0.15, 0.2) is 23.0 Å². The zero-order chi connectivity index (χ0) is 19.1. The van der Waals surface area contributed by atoms with Gasteiger partial charge in [0.25, 0.3) is 0 Å². The van der Waals surface area contributed by atoms with Gasteiger partial charge in [-0.25, -0.2) is 4.79 Å². The lowest BCUT2D eigenvalue weighted by Crippen LogP contribution is -2.44. The first-order chi connectivity index (χ1) is 12.9. The van der Waals surface area contributed by atoms with Crippen LogP contribution in [-0.2, 0) is 23.1 Å². The minimum atomic E-state index is -0.626. The van der Waals surface area contributed by atoms with Crippen molar-refractivity contribution < 1.29 is 9.59 Å². The number of carbonyl (C=O) groups is 2. The van der Waals surface area contributed by atoms with Crippen molar-refractivity contribution in [1.29, 1.82) is 0 Å². The Labute approximate surface area is 157 Å². The van der Waals surface area contributed by atoms with Crippen LogP contribution in [0.25, 0.3) is 11.0 Å². The number of nitrogens with one attached hydrogen (secondary N) is 1. The highest BCUT2D eigenvalue weighted by Gasteiger charge is 2.31. The number of aryl methyl sites for hydroxylation is 1. The average Bonchev–Trinajstić information content (AvgIpc) is 2.88. The van der Waals surface area contributed by atoms with Gasteiger partial charge < -0.3 is 4.90 Å². The van der Waals surface area contributed by atoms with Gasteiger partial charge in [-0.05, 0) is 69.4 Å². The first-order valence-electron chi connectivity index (χ1n) is 9.66. The molecule has 7 nitrogen and oxygen atoms in total. The summed E-state index contributed by atoms with van der Waals surface area (Å²) in [5.74, 6) is 0.00843. The van der Waals surface area contributed by atoms with Gasteiger partial charge in [-0.2, -0.15) is 0 Å². The molecule has 2 aliphatic heterocycles. The third-order valence-electron chi connectivity index (χ3n) is 6.04. The Hall–Kier alpha value is -2.41. The predicted octanol–water partition coefficient (Wildman–Crippen LogP) is 1.20. The molecular weight excluding hydrogens is 344 g/mol. The number of hydrogen-bond acceptors (Lipinski definition) is 4. The molecule has 0 saturated carbocycles. The van der Waals surface area contributed by atoms with Crippen molar-refractivity contribution in [2.24, 2.45) is 13.0 Å². The summed E-state index contributed by atoms with van der Waals surface area (Å²) in [6, 6.07) is 5.48. The Kier molecular flexibility index (Phi) is 4.63. The zero-order valence-electron chi connectivity index (χ0n) is 15.9. The van der Waals surface area contributed by atoms with Crippen LogP contribution in [0.3, 0.4) is 0 Å². The second-order valence-electron chi connectivity index (χ2n) is 7.95. The lowest BCUT2D eigenvalue weighted by atomic mass is 9.90. The highest BCUT2D eigenvalue weighted by molar-refractivity contribution is 6.00. The third-order valence-corrected chi connectivity index (χ3v) is 6.04. The largest absolute Gasteiger partial charge is 0.329 e. The minimum absolute atomic E-state index is 0.212. The summed E-state index contributed by atoms with van der Waals surface area (Å²) >= 11 is 0. The number of amides is 2. The molecule has 0 aliphatic carbocycles. The maximum absolute atomic E-state index is 12.8. The number of piperidine rings is 2. The van der Waals surface area contributed by atoms with Crippen molar-refractivity contribution in [2.75, 3.05) is 20.1 Å². The summed E-state index contributed by atoms with van der Waals surface area (Å²) in [4.78, 5) is 38.9. The molecule has 1 aromatic carbocycles. The van der Waals surface area contributed by atoms with E-state index >= 15 is 0 Å². The number of aromatic nitrogens is 2. The number of likely N-dealkylation sites (tertiary alicyclic amines) is 1. The van der Waals surface area contributed by atoms with Crippen LogP contribution in [-0.4, -0.2) is 46.0 Å². The third kappa shape index (κ3) is 3.32. The van der Waals surface area contributed by atoms with E-state index in [1.54, 1.807) is 11.6 Å². The Balaban J connectivity index is 1.65. The van der Waals surface area contributed by atoms with Gasteiger partial charge in [0.05, 0.1) is 11.0 Å². The van der Waals surface area contributed by atoms with Crippen molar-refractivity contribution >= 4 is 22.8 Å².